The molecule has 0 aromatic carbocycles. The lowest BCUT2D eigenvalue weighted by molar-refractivity contribution is -0.143. The van der Waals surface area contributed by atoms with Crippen LogP contribution in [0.1, 0.15) is 92.2 Å². The van der Waals surface area contributed by atoms with Crippen molar-refractivity contribution in [3.05, 3.63) is 18.2 Å². The topological polar surface area (TPSA) is 337 Å². The molecule has 332 valence electrons. The van der Waals surface area contributed by atoms with Gasteiger partial charge in [0, 0.05) is 24.9 Å². The molecule has 7 atom stereocenters. The molecule has 1 aliphatic heterocycles. The molecule has 0 bridgehead atoms. The second-order valence-electron chi connectivity index (χ2n) is 16.2. The van der Waals surface area contributed by atoms with Gasteiger partial charge < -0.3 is 63.9 Å². The number of carboxylic acids is 1. The third kappa shape index (κ3) is 18.4. The average molecular weight is 835 g/mol. The van der Waals surface area contributed by atoms with Gasteiger partial charge in [-0.05, 0) is 69.2 Å². The van der Waals surface area contributed by atoms with Gasteiger partial charge in [-0.25, -0.2) is 9.78 Å². The predicted octanol–water partition coefficient (Wildman–Crippen LogP) is -2.12. The molecule has 0 radical (unpaired) electrons. The molecule has 0 saturated carbocycles. The maximum absolute atomic E-state index is 14.1. The third-order valence-corrected chi connectivity index (χ3v) is 9.38. The number of carbonyl (C=O) groups excluding carboxylic acids is 6. The van der Waals surface area contributed by atoms with Gasteiger partial charge in [0.2, 0.25) is 35.4 Å². The van der Waals surface area contributed by atoms with E-state index in [2.05, 4.69) is 52.2 Å². The molecule has 1 aromatic rings. The zero-order valence-corrected chi connectivity index (χ0v) is 35.0. The fraction of sp³-hybridized carbons (Fsp3) is 0.711. The molecular formula is C38H66N12O9. The fourth-order valence-electron chi connectivity index (χ4n) is 6.43. The van der Waals surface area contributed by atoms with Crippen LogP contribution in [0, 0.1) is 17.8 Å². The first-order valence-electron chi connectivity index (χ1n) is 20.2. The van der Waals surface area contributed by atoms with Crippen molar-refractivity contribution in [3.63, 3.8) is 0 Å². The minimum absolute atomic E-state index is 0.0235. The van der Waals surface area contributed by atoms with E-state index in [9.17, 15) is 43.8 Å². The molecule has 21 heteroatoms. The number of aliphatic hydroxyl groups is 1. The molecule has 0 aliphatic carbocycles. The number of aromatic nitrogens is 2. The first-order chi connectivity index (χ1) is 27.8. The zero-order chi connectivity index (χ0) is 44.2. The van der Waals surface area contributed by atoms with E-state index in [1.165, 1.54) is 12.5 Å². The molecular weight excluding hydrogens is 768 g/mol. The van der Waals surface area contributed by atoms with E-state index in [1.54, 1.807) is 0 Å². The Bertz CT molecular complexity index is 1560. The second kappa shape index (κ2) is 25.2. The van der Waals surface area contributed by atoms with E-state index in [0.29, 0.717) is 25.1 Å². The molecule has 1 fully saturated rings. The molecule has 1 saturated heterocycles. The zero-order valence-electron chi connectivity index (χ0n) is 35.0. The number of rotatable bonds is 26. The largest absolute Gasteiger partial charge is 0.480 e. The van der Waals surface area contributed by atoms with Crippen molar-refractivity contribution in [1.82, 2.24) is 47.2 Å². The lowest BCUT2D eigenvalue weighted by atomic mass is 9.99. The van der Waals surface area contributed by atoms with Gasteiger partial charge in [0.15, 0.2) is 5.96 Å². The van der Waals surface area contributed by atoms with Crippen LogP contribution in [0.2, 0.25) is 0 Å². The predicted molar refractivity (Wildman–Crippen MR) is 218 cm³/mol. The average Bonchev–Trinajstić information content (AvgIpc) is 3.88. The van der Waals surface area contributed by atoms with E-state index in [1.807, 2.05) is 41.5 Å². The van der Waals surface area contributed by atoms with Crippen molar-refractivity contribution in [2.75, 3.05) is 19.7 Å². The highest BCUT2D eigenvalue weighted by Crippen LogP contribution is 2.13. The van der Waals surface area contributed by atoms with Crippen LogP contribution in [0.5, 0.6) is 0 Å². The van der Waals surface area contributed by atoms with Gasteiger partial charge in [-0.1, -0.05) is 41.5 Å². The summed E-state index contributed by atoms with van der Waals surface area (Å²) in [6.45, 7) is 11.1. The monoisotopic (exact) mass is 835 g/mol. The summed E-state index contributed by atoms with van der Waals surface area (Å²) in [5.41, 5.74) is 11.4. The highest BCUT2D eigenvalue weighted by atomic mass is 16.4. The number of hydrogen-bond acceptors (Lipinski definition) is 11. The summed E-state index contributed by atoms with van der Waals surface area (Å²) >= 11 is 0. The quantitative estimate of drug-likeness (QED) is 0.0270. The van der Waals surface area contributed by atoms with Gasteiger partial charge in [-0.3, -0.25) is 33.8 Å². The van der Waals surface area contributed by atoms with Crippen LogP contribution in [0.4, 0.5) is 0 Å². The number of guanidine groups is 1. The number of carboxylic acid groups (broad SMARTS) is 1. The van der Waals surface area contributed by atoms with E-state index >= 15 is 0 Å². The number of imidazole rings is 1. The molecule has 21 nitrogen and oxygen atoms in total. The number of aliphatic hydroxyl groups excluding tert-OH is 1. The van der Waals surface area contributed by atoms with E-state index in [0.717, 1.165) is 6.42 Å². The van der Waals surface area contributed by atoms with Crippen molar-refractivity contribution in [2.45, 2.75) is 135 Å². The third-order valence-electron chi connectivity index (χ3n) is 9.38. The second-order valence-corrected chi connectivity index (χ2v) is 16.2. The number of aliphatic imine (C=N–C) groups is 1. The Morgan fingerprint density at radius 1 is 0.746 bits per heavy atom. The van der Waals surface area contributed by atoms with Crippen molar-refractivity contribution < 1.29 is 43.8 Å². The van der Waals surface area contributed by atoms with Gasteiger partial charge >= 0.3 is 5.97 Å². The molecule has 1 aliphatic rings. The Morgan fingerprint density at radius 2 is 1.22 bits per heavy atom. The van der Waals surface area contributed by atoms with Crippen LogP contribution < -0.4 is 48.7 Å². The van der Waals surface area contributed by atoms with Crippen LogP contribution in [-0.2, 0) is 40.0 Å². The first-order valence-corrected chi connectivity index (χ1v) is 20.2. The maximum Gasteiger partial charge on any atom is 0.328 e. The number of nitrogens with zero attached hydrogens (tertiary/aromatic N) is 2. The molecule has 1 aromatic heterocycles. The molecule has 59 heavy (non-hydrogen) atoms. The van der Waals surface area contributed by atoms with E-state index in [-0.39, 0.29) is 68.3 Å². The summed E-state index contributed by atoms with van der Waals surface area (Å²) in [6.07, 6.45) is 5.00. The Hall–Kier alpha value is -5.31. The lowest BCUT2D eigenvalue weighted by Crippen LogP contribution is -2.60. The van der Waals surface area contributed by atoms with Gasteiger partial charge in [0.25, 0.3) is 0 Å². The number of carbonyl (C=O) groups is 7. The van der Waals surface area contributed by atoms with Crippen LogP contribution in [0.15, 0.2) is 17.5 Å². The normalized spacial score (nSPS) is 16.9. The minimum atomic E-state index is -1.64. The Balaban J connectivity index is 2.36. The minimum Gasteiger partial charge on any atom is -0.480 e. The Morgan fingerprint density at radius 3 is 1.66 bits per heavy atom. The van der Waals surface area contributed by atoms with Gasteiger partial charge in [0.05, 0.1) is 19.0 Å². The SMILES string of the molecule is CC(C)C[C@H](NC(=O)[C@@H]1CCCN1)C(=O)N[C@@H](CC(C)C)C(=O)N[C@@H](CCCN=C(N)N)C(=O)N[C@@H](CC(C)C)C(=O)N[C@@H](Cc1cnc[nH]1)C(=O)N[C@@H](CO)C(=O)O. The molecule has 0 unspecified atom stereocenters. The number of aromatic amines is 1. The molecule has 2 rings (SSSR count). The standard InChI is InChI=1S/C38H66N12O9/c1-20(2)13-26(48-34(55)27(14-21(3)4)46-31(52)24-9-7-11-42-24)33(54)45-25(10-8-12-43-38(39)40)32(53)47-28(15-22(5)6)35(56)49-29(16-23-17-41-19-44-23)36(57)50-30(18-51)37(58)59/h17,19-22,24-30,42,51H,7-16,18H2,1-6H3,(H,41,44)(H,45,54)(H,46,52)(H,47,53)(H,48,55)(H,49,56)(H,50,57)(H,58,59)(H4,39,40,43)/t24-,25-,26-,27-,28-,29-,30-/m0/s1. The summed E-state index contributed by atoms with van der Waals surface area (Å²) in [7, 11) is 0. The maximum atomic E-state index is 14.1. The Labute approximate surface area is 345 Å². The molecule has 0 spiro atoms. The smallest absolute Gasteiger partial charge is 0.328 e. The number of nitrogens with two attached hydrogens (primary N) is 2. The van der Waals surface area contributed by atoms with Crippen LogP contribution >= 0.6 is 0 Å². The van der Waals surface area contributed by atoms with E-state index in [4.69, 9.17) is 11.5 Å². The van der Waals surface area contributed by atoms with Crippen molar-refractivity contribution in [3.8, 4) is 0 Å². The number of amides is 6. The van der Waals surface area contributed by atoms with Crippen molar-refractivity contribution in [2.24, 2.45) is 34.2 Å². The van der Waals surface area contributed by atoms with E-state index < -0.39 is 84.4 Å². The summed E-state index contributed by atoms with van der Waals surface area (Å²) in [4.78, 5) is 104. The van der Waals surface area contributed by atoms with Crippen molar-refractivity contribution >= 4 is 47.4 Å². The van der Waals surface area contributed by atoms with Crippen LogP contribution in [0.3, 0.4) is 0 Å². The van der Waals surface area contributed by atoms with Gasteiger partial charge in [-0.15, -0.1) is 0 Å². The number of hydrogen-bond donors (Lipinski definition) is 12. The first kappa shape index (κ1) is 49.8. The van der Waals surface area contributed by atoms with Gasteiger partial charge in [-0.2, -0.15) is 0 Å². The number of nitrogens with one attached hydrogen (secondary N) is 8. The highest BCUT2D eigenvalue weighted by Gasteiger charge is 2.35. The molecule has 6 amide bonds. The summed E-state index contributed by atoms with van der Waals surface area (Å²) < 4.78 is 0. The number of H-pyrrole nitrogens is 1. The summed E-state index contributed by atoms with van der Waals surface area (Å²) in [6, 6.07) is -7.90. The lowest BCUT2D eigenvalue weighted by Gasteiger charge is -2.29. The molecule has 2 heterocycles. The fourth-order valence-corrected chi connectivity index (χ4v) is 6.43. The Kier molecular flexibility index (Phi) is 21.3. The van der Waals surface area contributed by atoms with Gasteiger partial charge in [0.1, 0.15) is 36.3 Å². The van der Waals surface area contributed by atoms with Crippen LogP contribution in [0.25, 0.3) is 0 Å². The van der Waals surface area contributed by atoms with Crippen molar-refractivity contribution in [1.29, 1.82) is 0 Å². The highest BCUT2D eigenvalue weighted by molar-refractivity contribution is 5.97. The summed E-state index contributed by atoms with van der Waals surface area (Å²) in [5, 5.41) is 37.9. The summed E-state index contributed by atoms with van der Waals surface area (Å²) in [5.74, 6) is -5.78. The number of aliphatic carboxylic acids is 1. The molecule has 14 N–H and O–H groups in total. The van der Waals surface area contributed by atoms with Crippen LogP contribution in [-0.4, -0.2) is 130 Å².